The lowest BCUT2D eigenvalue weighted by molar-refractivity contribution is -0.139. The van der Waals surface area contributed by atoms with Crippen LogP contribution in [0.3, 0.4) is 0 Å². The summed E-state index contributed by atoms with van der Waals surface area (Å²) in [6.07, 6.45) is 2.45. The molecule has 1 heterocycles. The van der Waals surface area contributed by atoms with Gasteiger partial charge in [-0.3, -0.25) is 9.69 Å². The maximum atomic E-state index is 10.8. The lowest BCUT2D eigenvalue weighted by Crippen LogP contribution is -2.38. The fraction of sp³-hybridized carbons (Fsp3) is 0.583. The largest absolute Gasteiger partial charge is 0.480 e. The summed E-state index contributed by atoms with van der Waals surface area (Å²) in [6.45, 7) is 6.06. The van der Waals surface area contributed by atoms with Gasteiger partial charge >= 0.3 is 5.97 Å². The van der Waals surface area contributed by atoms with Crippen LogP contribution in [0.2, 0.25) is 0 Å². The first-order valence-electron chi connectivity index (χ1n) is 5.57. The van der Waals surface area contributed by atoms with Crippen molar-refractivity contribution in [1.29, 1.82) is 0 Å². The van der Waals surface area contributed by atoms with Gasteiger partial charge in [0.25, 0.3) is 0 Å². The van der Waals surface area contributed by atoms with Crippen LogP contribution in [-0.4, -0.2) is 28.6 Å². The number of carboxylic acid groups (broad SMARTS) is 1. The van der Waals surface area contributed by atoms with Gasteiger partial charge in [0.15, 0.2) is 0 Å². The van der Waals surface area contributed by atoms with Crippen molar-refractivity contribution in [1.82, 2.24) is 4.90 Å². The van der Waals surface area contributed by atoms with Crippen molar-refractivity contribution in [3.05, 3.63) is 24.2 Å². The summed E-state index contributed by atoms with van der Waals surface area (Å²) >= 11 is 0. The van der Waals surface area contributed by atoms with E-state index in [0.29, 0.717) is 0 Å². The quantitative estimate of drug-likeness (QED) is 0.808. The molecule has 4 heteroatoms. The third kappa shape index (κ3) is 3.10. The van der Waals surface area contributed by atoms with Crippen LogP contribution in [-0.2, 0) is 4.79 Å². The minimum atomic E-state index is -0.807. The Balaban J connectivity index is 2.86. The van der Waals surface area contributed by atoms with Gasteiger partial charge in [-0.1, -0.05) is 6.92 Å². The number of carbonyl (C=O) groups is 1. The molecule has 0 saturated heterocycles. The predicted molar refractivity (Wildman–Crippen MR) is 61.2 cm³/mol. The zero-order valence-electron chi connectivity index (χ0n) is 10.0. The fourth-order valence-electron chi connectivity index (χ4n) is 1.89. The van der Waals surface area contributed by atoms with E-state index in [4.69, 9.17) is 9.52 Å². The van der Waals surface area contributed by atoms with Crippen molar-refractivity contribution in [2.75, 3.05) is 6.54 Å². The summed E-state index contributed by atoms with van der Waals surface area (Å²) in [4.78, 5) is 12.8. The van der Waals surface area contributed by atoms with Crippen molar-refractivity contribution < 1.29 is 14.3 Å². The Hall–Kier alpha value is -1.29. The average Bonchev–Trinajstić information content (AvgIpc) is 2.70. The zero-order chi connectivity index (χ0) is 12.1. The number of aliphatic carboxylic acids is 1. The highest BCUT2D eigenvalue weighted by Crippen LogP contribution is 2.26. The van der Waals surface area contributed by atoms with Crippen molar-refractivity contribution in [3.8, 4) is 0 Å². The SMILES string of the molecule is CCC(c1ccco1)N(CC(=O)O)C(C)C. The second-order valence-corrected chi connectivity index (χ2v) is 4.10. The Morgan fingerprint density at radius 1 is 1.56 bits per heavy atom. The topological polar surface area (TPSA) is 53.7 Å². The molecule has 0 spiro atoms. The first-order valence-corrected chi connectivity index (χ1v) is 5.57. The molecule has 1 N–H and O–H groups in total. The summed E-state index contributed by atoms with van der Waals surface area (Å²) in [5.41, 5.74) is 0. The molecule has 1 aromatic rings. The third-order valence-corrected chi connectivity index (χ3v) is 2.64. The predicted octanol–water partition coefficient (Wildman–Crippen LogP) is 2.53. The van der Waals surface area contributed by atoms with Crippen LogP contribution < -0.4 is 0 Å². The molecule has 90 valence electrons. The second-order valence-electron chi connectivity index (χ2n) is 4.10. The van der Waals surface area contributed by atoms with E-state index in [1.165, 1.54) is 0 Å². The molecule has 1 atom stereocenters. The average molecular weight is 225 g/mol. The van der Waals surface area contributed by atoms with Gasteiger partial charge in [-0.05, 0) is 32.4 Å². The van der Waals surface area contributed by atoms with E-state index in [1.54, 1.807) is 6.26 Å². The lowest BCUT2D eigenvalue weighted by Gasteiger charge is -2.31. The minimum Gasteiger partial charge on any atom is -0.480 e. The molecule has 0 bridgehead atoms. The maximum absolute atomic E-state index is 10.8. The van der Waals surface area contributed by atoms with Crippen molar-refractivity contribution in [3.63, 3.8) is 0 Å². The number of nitrogens with zero attached hydrogens (tertiary/aromatic N) is 1. The van der Waals surface area contributed by atoms with E-state index in [2.05, 4.69) is 0 Å². The Labute approximate surface area is 95.9 Å². The van der Waals surface area contributed by atoms with Gasteiger partial charge in [0.2, 0.25) is 0 Å². The van der Waals surface area contributed by atoms with Gasteiger partial charge in [0.1, 0.15) is 5.76 Å². The normalized spacial score (nSPS) is 13.3. The molecule has 0 aliphatic carbocycles. The fourth-order valence-corrected chi connectivity index (χ4v) is 1.89. The molecule has 0 fully saturated rings. The van der Waals surface area contributed by atoms with Crippen LogP contribution >= 0.6 is 0 Å². The number of hydrogen-bond donors (Lipinski definition) is 1. The van der Waals surface area contributed by atoms with E-state index in [1.807, 2.05) is 37.8 Å². The first-order chi connectivity index (χ1) is 7.56. The maximum Gasteiger partial charge on any atom is 0.317 e. The van der Waals surface area contributed by atoms with Crippen LogP contribution in [0.25, 0.3) is 0 Å². The zero-order valence-corrected chi connectivity index (χ0v) is 10.0. The van der Waals surface area contributed by atoms with E-state index in [0.717, 1.165) is 12.2 Å². The molecule has 4 nitrogen and oxygen atoms in total. The van der Waals surface area contributed by atoms with Gasteiger partial charge in [-0.15, -0.1) is 0 Å². The Bertz CT molecular complexity index is 319. The monoisotopic (exact) mass is 225 g/mol. The molecule has 16 heavy (non-hydrogen) atoms. The minimum absolute atomic E-state index is 0.0334. The van der Waals surface area contributed by atoms with E-state index >= 15 is 0 Å². The number of furan rings is 1. The molecule has 0 amide bonds. The molecule has 0 saturated carbocycles. The molecular formula is C12H19NO3. The molecular weight excluding hydrogens is 206 g/mol. The molecule has 0 aliphatic heterocycles. The molecule has 0 aromatic carbocycles. The summed E-state index contributed by atoms with van der Waals surface area (Å²) < 4.78 is 5.36. The third-order valence-electron chi connectivity index (χ3n) is 2.64. The molecule has 1 unspecified atom stereocenters. The van der Waals surface area contributed by atoms with Gasteiger partial charge in [-0.25, -0.2) is 0 Å². The Morgan fingerprint density at radius 3 is 2.62 bits per heavy atom. The van der Waals surface area contributed by atoms with Gasteiger partial charge in [0.05, 0.1) is 18.8 Å². The van der Waals surface area contributed by atoms with Gasteiger partial charge in [-0.2, -0.15) is 0 Å². The van der Waals surface area contributed by atoms with Crippen molar-refractivity contribution in [2.24, 2.45) is 0 Å². The van der Waals surface area contributed by atoms with Crippen LogP contribution in [0, 0.1) is 0 Å². The highest BCUT2D eigenvalue weighted by Gasteiger charge is 2.25. The van der Waals surface area contributed by atoms with Gasteiger partial charge < -0.3 is 9.52 Å². The van der Waals surface area contributed by atoms with E-state index in [9.17, 15) is 4.79 Å². The van der Waals surface area contributed by atoms with Crippen molar-refractivity contribution >= 4 is 5.97 Å². The molecule has 1 aromatic heterocycles. The van der Waals surface area contributed by atoms with Crippen LogP contribution in [0.5, 0.6) is 0 Å². The summed E-state index contributed by atoms with van der Waals surface area (Å²) in [5, 5.41) is 8.90. The second kappa shape index (κ2) is 5.70. The molecule has 0 aliphatic rings. The standard InChI is InChI=1S/C12H19NO3/c1-4-10(11-6-5-7-16-11)13(9(2)3)8-12(14)15/h5-7,9-10H,4,8H2,1-3H3,(H,14,15). The summed E-state index contributed by atoms with van der Waals surface area (Å²) in [5.74, 6) is 0.0242. The smallest absolute Gasteiger partial charge is 0.317 e. The Kier molecular flexibility index (Phi) is 4.55. The van der Waals surface area contributed by atoms with Crippen LogP contribution in [0.4, 0.5) is 0 Å². The lowest BCUT2D eigenvalue weighted by atomic mass is 10.1. The molecule has 0 radical (unpaired) electrons. The summed E-state index contributed by atoms with van der Waals surface area (Å²) in [6, 6.07) is 3.93. The van der Waals surface area contributed by atoms with Crippen molar-refractivity contribution in [2.45, 2.75) is 39.3 Å². The highest BCUT2D eigenvalue weighted by atomic mass is 16.4. The number of hydrogen-bond acceptors (Lipinski definition) is 3. The van der Waals surface area contributed by atoms with E-state index < -0.39 is 5.97 Å². The van der Waals surface area contributed by atoms with Crippen LogP contribution in [0.15, 0.2) is 22.8 Å². The number of carboxylic acids is 1. The van der Waals surface area contributed by atoms with Gasteiger partial charge in [0, 0.05) is 6.04 Å². The first kappa shape index (κ1) is 12.8. The van der Waals surface area contributed by atoms with Crippen LogP contribution in [0.1, 0.15) is 39.0 Å². The Morgan fingerprint density at radius 2 is 2.25 bits per heavy atom. The number of rotatable bonds is 6. The summed E-state index contributed by atoms with van der Waals surface area (Å²) in [7, 11) is 0. The molecule has 1 rings (SSSR count). The highest BCUT2D eigenvalue weighted by molar-refractivity contribution is 5.69. The van der Waals surface area contributed by atoms with E-state index in [-0.39, 0.29) is 18.6 Å².